The van der Waals surface area contributed by atoms with Gasteiger partial charge in [-0.2, -0.15) is 0 Å². The zero-order valence-corrected chi connectivity index (χ0v) is 25.1. The van der Waals surface area contributed by atoms with E-state index in [2.05, 4.69) is 71.4 Å². The first-order chi connectivity index (χ1) is 17.3. The molecule has 212 valence electrons. The first-order valence-corrected chi connectivity index (χ1v) is 15.3. The van der Waals surface area contributed by atoms with Crippen LogP contribution in [0.15, 0.2) is 36.5 Å². The molecule has 0 aliphatic rings. The van der Waals surface area contributed by atoms with Gasteiger partial charge >= 0.3 is 5.97 Å². The van der Waals surface area contributed by atoms with Gasteiger partial charge in [0.05, 0.1) is 27.7 Å². The SMILES string of the molecule is CC/C=C\C/C=C\C/C=C\CCCCCCCC(=O)O.CCCCCCCCCCCC[N+](C)(C)C. The molecule has 0 rings (SSSR count). The number of carboxylic acids is 1. The predicted octanol–water partition coefficient (Wildman–Crippen LogP) is 10.3. The van der Waals surface area contributed by atoms with E-state index in [0.717, 1.165) is 49.4 Å². The lowest BCUT2D eigenvalue weighted by atomic mass is 10.1. The van der Waals surface area contributed by atoms with Crippen molar-refractivity contribution in [2.45, 2.75) is 142 Å². The van der Waals surface area contributed by atoms with Gasteiger partial charge < -0.3 is 9.59 Å². The van der Waals surface area contributed by atoms with Crippen LogP contribution >= 0.6 is 0 Å². The van der Waals surface area contributed by atoms with Crippen molar-refractivity contribution < 1.29 is 14.4 Å². The minimum Gasteiger partial charge on any atom is -0.481 e. The lowest BCUT2D eigenvalue weighted by Crippen LogP contribution is -2.35. The third kappa shape index (κ3) is 39.8. The maximum atomic E-state index is 10.3. The molecule has 0 saturated carbocycles. The van der Waals surface area contributed by atoms with E-state index >= 15 is 0 Å². The molecule has 0 aromatic rings. The Kier molecular flexibility index (Phi) is 30.5. The summed E-state index contributed by atoms with van der Waals surface area (Å²) in [5, 5.41) is 8.50. The quantitative estimate of drug-likeness (QED) is 0.0803. The summed E-state index contributed by atoms with van der Waals surface area (Å²) in [6.45, 7) is 5.76. The Morgan fingerprint density at radius 1 is 0.583 bits per heavy atom. The van der Waals surface area contributed by atoms with Gasteiger partial charge in [-0.1, -0.05) is 121 Å². The minimum atomic E-state index is -0.675. The number of aliphatic carboxylic acids is 1. The second-order valence-electron chi connectivity index (χ2n) is 11.2. The highest BCUT2D eigenvalue weighted by Crippen LogP contribution is 2.11. The predicted molar refractivity (Wildman–Crippen MR) is 162 cm³/mol. The number of carboxylic acid groups (broad SMARTS) is 1. The van der Waals surface area contributed by atoms with Crippen LogP contribution in [0.25, 0.3) is 0 Å². The highest BCUT2D eigenvalue weighted by atomic mass is 16.4. The molecule has 0 radical (unpaired) electrons. The van der Waals surface area contributed by atoms with Crippen molar-refractivity contribution in [3.63, 3.8) is 0 Å². The van der Waals surface area contributed by atoms with Crippen molar-refractivity contribution in [1.29, 1.82) is 0 Å². The molecule has 3 heteroatoms. The van der Waals surface area contributed by atoms with E-state index in [-0.39, 0.29) is 0 Å². The van der Waals surface area contributed by atoms with Crippen LogP contribution in [0, 0.1) is 0 Å². The molecule has 3 nitrogen and oxygen atoms in total. The van der Waals surface area contributed by atoms with E-state index in [1.807, 2.05) is 0 Å². The molecule has 0 heterocycles. The van der Waals surface area contributed by atoms with Crippen LogP contribution in [-0.4, -0.2) is 43.2 Å². The summed E-state index contributed by atoms with van der Waals surface area (Å²) >= 11 is 0. The third-order valence-electron chi connectivity index (χ3n) is 6.22. The van der Waals surface area contributed by atoms with E-state index in [9.17, 15) is 4.79 Å². The molecule has 0 amide bonds. The Bertz CT molecular complexity index is 528. The molecule has 0 unspecified atom stereocenters. The van der Waals surface area contributed by atoms with Gasteiger partial charge in [0, 0.05) is 6.42 Å². The number of allylic oxidation sites excluding steroid dienone is 6. The molecule has 0 aromatic heterocycles. The van der Waals surface area contributed by atoms with Gasteiger partial charge in [0.1, 0.15) is 0 Å². The van der Waals surface area contributed by atoms with Gasteiger partial charge in [-0.05, 0) is 51.4 Å². The number of unbranched alkanes of at least 4 members (excludes halogenated alkanes) is 14. The third-order valence-corrected chi connectivity index (χ3v) is 6.22. The smallest absolute Gasteiger partial charge is 0.303 e. The molecule has 0 aromatic carbocycles. The van der Waals surface area contributed by atoms with Gasteiger partial charge in [-0.25, -0.2) is 0 Å². The van der Waals surface area contributed by atoms with Crippen molar-refractivity contribution in [2.24, 2.45) is 0 Å². The lowest BCUT2D eigenvalue weighted by molar-refractivity contribution is -0.870. The van der Waals surface area contributed by atoms with Crippen LogP contribution in [0.3, 0.4) is 0 Å². The lowest BCUT2D eigenvalue weighted by Gasteiger charge is -2.23. The average Bonchev–Trinajstić information content (AvgIpc) is 2.82. The van der Waals surface area contributed by atoms with Gasteiger partial charge in [0.25, 0.3) is 0 Å². The molecule has 0 atom stereocenters. The molecule has 0 fully saturated rings. The minimum absolute atomic E-state index is 0.319. The van der Waals surface area contributed by atoms with Crippen molar-refractivity contribution in [1.82, 2.24) is 0 Å². The molecular weight excluding hydrogens is 442 g/mol. The molecule has 0 saturated heterocycles. The second kappa shape index (κ2) is 29.9. The van der Waals surface area contributed by atoms with Crippen LogP contribution in [0.1, 0.15) is 142 Å². The number of hydrogen-bond donors (Lipinski definition) is 1. The molecular formula is C33H64NO2+. The number of carbonyl (C=O) groups is 1. The Morgan fingerprint density at radius 2 is 1.03 bits per heavy atom. The summed E-state index contributed by atoms with van der Waals surface area (Å²) in [4.78, 5) is 10.3. The fraction of sp³-hybridized carbons (Fsp3) is 0.788. The Labute approximate surface area is 226 Å². The highest BCUT2D eigenvalue weighted by molar-refractivity contribution is 5.66. The maximum absolute atomic E-state index is 10.3. The van der Waals surface area contributed by atoms with Gasteiger partial charge in [0.2, 0.25) is 0 Å². The molecule has 0 aliphatic carbocycles. The zero-order valence-electron chi connectivity index (χ0n) is 25.1. The van der Waals surface area contributed by atoms with Crippen molar-refractivity contribution in [2.75, 3.05) is 27.7 Å². The summed E-state index contributed by atoms with van der Waals surface area (Å²) in [6, 6.07) is 0. The standard InChI is InChI=1S/C18H30O2.C15H34N/c1-2-3-4-5-6-7-8-9-10-11-12-13-14-15-16-17-18(19)20;1-5-6-7-8-9-10-11-12-13-14-15-16(2,3)4/h3-4,6-7,9-10H,2,5,8,11-17H2,1H3,(H,19,20);5-15H2,1-4H3/q;+1/b4-3-,7-6-,10-9-;. The van der Waals surface area contributed by atoms with Crippen molar-refractivity contribution >= 4 is 5.97 Å². The number of rotatable bonds is 24. The first-order valence-electron chi connectivity index (χ1n) is 15.3. The summed E-state index contributed by atoms with van der Waals surface area (Å²) in [6.07, 6.45) is 37.8. The van der Waals surface area contributed by atoms with Crippen LogP contribution in [0.4, 0.5) is 0 Å². The van der Waals surface area contributed by atoms with E-state index in [1.54, 1.807) is 0 Å². The Hall–Kier alpha value is -1.35. The van der Waals surface area contributed by atoms with Crippen LogP contribution in [-0.2, 0) is 4.79 Å². The summed E-state index contributed by atoms with van der Waals surface area (Å²) in [7, 11) is 6.86. The average molecular weight is 507 g/mol. The number of hydrogen-bond acceptors (Lipinski definition) is 1. The van der Waals surface area contributed by atoms with Crippen LogP contribution in [0.5, 0.6) is 0 Å². The molecule has 0 spiro atoms. The first kappa shape index (κ1) is 36.8. The Morgan fingerprint density at radius 3 is 1.53 bits per heavy atom. The van der Waals surface area contributed by atoms with Crippen molar-refractivity contribution in [3.05, 3.63) is 36.5 Å². The van der Waals surface area contributed by atoms with E-state index in [4.69, 9.17) is 5.11 Å². The van der Waals surface area contributed by atoms with E-state index in [1.165, 1.54) is 83.6 Å². The topological polar surface area (TPSA) is 37.3 Å². The van der Waals surface area contributed by atoms with Gasteiger partial charge in [-0.3, -0.25) is 4.79 Å². The molecule has 0 bridgehead atoms. The highest BCUT2D eigenvalue weighted by Gasteiger charge is 2.04. The van der Waals surface area contributed by atoms with E-state index in [0.29, 0.717) is 6.42 Å². The van der Waals surface area contributed by atoms with Gasteiger partial charge in [-0.15, -0.1) is 0 Å². The van der Waals surface area contributed by atoms with Gasteiger partial charge in [0.15, 0.2) is 0 Å². The normalized spacial score (nSPS) is 12.0. The molecule has 36 heavy (non-hydrogen) atoms. The summed E-state index contributed by atoms with van der Waals surface area (Å²) < 4.78 is 1.12. The number of quaternary nitrogens is 1. The summed E-state index contributed by atoms with van der Waals surface area (Å²) in [5.41, 5.74) is 0. The van der Waals surface area contributed by atoms with E-state index < -0.39 is 5.97 Å². The van der Waals surface area contributed by atoms with Crippen molar-refractivity contribution in [3.8, 4) is 0 Å². The van der Waals surface area contributed by atoms with Crippen LogP contribution < -0.4 is 0 Å². The second-order valence-corrected chi connectivity index (χ2v) is 11.2. The zero-order chi connectivity index (χ0) is 27.2. The molecule has 1 N–H and O–H groups in total. The monoisotopic (exact) mass is 506 g/mol. The Balaban J connectivity index is 0. The number of nitrogens with zero attached hydrogens (tertiary/aromatic N) is 1. The molecule has 0 aliphatic heterocycles. The largest absolute Gasteiger partial charge is 0.481 e. The summed E-state index contributed by atoms with van der Waals surface area (Å²) in [5.74, 6) is -0.675. The fourth-order valence-electron chi connectivity index (χ4n) is 3.97. The maximum Gasteiger partial charge on any atom is 0.303 e. The van der Waals surface area contributed by atoms with Crippen LogP contribution in [0.2, 0.25) is 0 Å². The fourth-order valence-corrected chi connectivity index (χ4v) is 3.97.